The van der Waals surface area contributed by atoms with Crippen LogP contribution in [-0.2, 0) is 11.2 Å². The lowest BCUT2D eigenvalue weighted by atomic mass is 10.2. The van der Waals surface area contributed by atoms with Crippen LogP contribution >= 0.6 is 38.9 Å². The number of aryl methyl sites for hydroxylation is 1. The molecule has 3 aromatic rings. The van der Waals surface area contributed by atoms with E-state index in [1.165, 1.54) is 11.3 Å². The fourth-order valence-electron chi connectivity index (χ4n) is 2.08. The van der Waals surface area contributed by atoms with Crippen molar-refractivity contribution in [3.05, 3.63) is 62.2 Å². The zero-order chi connectivity index (χ0) is 18.5. The number of carbonyl (C=O) groups is 2. The number of oxazole rings is 1. The summed E-state index contributed by atoms with van der Waals surface area (Å²) in [5.74, 6) is 0.350. The van der Waals surface area contributed by atoms with Gasteiger partial charge in [0.15, 0.2) is 11.7 Å². The lowest BCUT2D eigenvalue weighted by molar-refractivity contribution is -0.121. The average molecular weight is 455 g/mol. The fourth-order valence-corrected chi connectivity index (χ4v) is 3.49. The summed E-state index contributed by atoms with van der Waals surface area (Å²) >= 11 is 10.4. The van der Waals surface area contributed by atoms with E-state index < -0.39 is 0 Å². The van der Waals surface area contributed by atoms with Gasteiger partial charge in [0.1, 0.15) is 0 Å². The molecular weight excluding hydrogens is 442 g/mol. The van der Waals surface area contributed by atoms with Gasteiger partial charge in [0.25, 0.3) is 5.91 Å². The molecule has 0 saturated carbocycles. The molecule has 1 aromatic carbocycles. The molecule has 0 radical (unpaired) electrons. The Labute approximate surface area is 166 Å². The fraction of sp³-hybridized carbons (Fsp3) is 0.118. The van der Waals surface area contributed by atoms with E-state index in [0.717, 1.165) is 9.35 Å². The third kappa shape index (κ3) is 4.94. The molecule has 26 heavy (non-hydrogen) atoms. The number of halogens is 2. The van der Waals surface area contributed by atoms with E-state index in [4.69, 9.17) is 16.0 Å². The summed E-state index contributed by atoms with van der Waals surface area (Å²) in [5, 5.41) is 0.641. The molecule has 3 rings (SSSR count). The molecule has 0 fully saturated rings. The first-order chi connectivity index (χ1) is 12.5. The molecule has 0 aliphatic heterocycles. The third-order valence-electron chi connectivity index (χ3n) is 3.36. The third-order valence-corrected chi connectivity index (χ3v) is 5.24. The first-order valence-electron chi connectivity index (χ1n) is 7.56. The number of aromatic nitrogens is 1. The number of nitrogens with zero attached hydrogens (tertiary/aromatic N) is 1. The van der Waals surface area contributed by atoms with Crippen molar-refractivity contribution in [1.29, 1.82) is 0 Å². The Morgan fingerprint density at radius 3 is 2.62 bits per heavy atom. The Bertz CT molecular complexity index is 923. The number of thiophene rings is 1. The van der Waals surface area contributed by atoms with Gasteiger partial charge in [-0.15, -0.1) is 11.3 Å². The van der Waals surface area contributed by atoms with Crippen molar-refractivity contribution in [1.82, 2.24) is 15.8 Å². The number of benzene rings is 1. The largest absolute Gasteiger partial charge is 0.441 e. The Morgan fingerprint density at radius 1 is 1.15 bits per heavy atom. The predicted molar refractivity (Wildman–Crippen MR) is 103 cm³/mol. The minimum absolute atomic E-state index is 0.134. The van der Waals surface area contributed by atoms with Crippen LogP contribution in [0, 0.1) is 0 Å². The molecular formula is C17H13BrClN3O3S. The lowest BCUT2D eigenvalue weighted by Crippen LogP contribution is -2.41. The summed E-state index contributed by atoms with van der Waals surface area (Å²) in [7, 11) is 0. The number of rotatable bonds is 5. The summed E-state index contributed by atoms with van der Waals surface area (Å²) in [5.41, 5.74) is 5.60. The van der Waals surface area contributed by atoms with Crippen LogP contribution in [0.3, 0.4) is 0 Å². The van der Waals surface area contributed by atoms with E-state index in [9.17, 15) is 9.59 Å². The van der Waals surface area contributed by atoms with E-state index in [0.29, 0.717) is 28.0 Å². The van der Waals surface area contributed by atoms with Gasteiger partial charge in [0.05, 0.1) is 14.9 Å². The number of hydrogen-bond donors (Lipinski definition) is 2. The normalized spacial score (nSPS) is 10.5. The molecule has 9 heteroatoms. The summed E-state index contributed by atoms with van der Waals surface area (Å²) in [6.45, 7) is 0. The molecule has 0 atom stereocenters. The van der Waals surface area contributed by atoms with Crippen LogP contribution in [0.4, 0.5) is 0 Å². The van der Waals surface area contributed by atoms with Crippen molar-refractivity contribution < 1.29 is 14.0 Å². The van der Waals surface area contributed by atoms with Crippen molar-refractivity contribution in [2.45, 2.75) is 12.8 Å². The molecule has 0 aliphatic carbocycles. The molecule has 0 aliphatic rings. The van der Waals surface area contributed by atoms with Crippen molar-refractivity contribution in [3.8, 4) is 11.3 Å². The van der Waals surface area contributed by atoms with Crippen LogP contribution in [0.1, 0.15) is 22.0 Å². The van der Waals surface area contributed by atoms with Crippen molar-refractivity contribution in [3.63, 3.8) is 0 Å². The molecule has 2 amide bonds. The highest BCUT2D eigenvalue weighted by molar-refractivity contribution is 9.11. The molecule has 2 aromatic heterocycles. The maximum Gasteiger partial charge on any atom is 0.279 e. The van der Waals surface area contributed by atoms with E-state index in [1.807, 2.05) is 12.1 Å². The van der Waals surface area contributed by atoms with Gasteiger partial charge in [-0.2, -0.15) is 0 Å². The van der Waals surface area contributed by atoms with Gasteiger partial charge in [-0.25, -0.2) is 4.98 Å². The van der Waals surface area contributed by atoms with Gasteiger partial charge in [-0.05, 0) is 52.3 Å². The zero-order valence-electron chi connectivity index (χ0n) is 13.3. The van der Waals surface area contributed by atoms with Gasteiger partial charge in [0, 0.05) is 23.4 Å². The quantitative estimate of drug-likeness (QED) is 0.566. The van der Waals surface area contributed by atoms with Gasteiger partial charge in [0.2, 0.25) is 5.91 Å². The Balaban J connectivity index is 1.47. The monoisotopic (exact) mass is 453 g/mol. The van der Waals surface area contributed by atoms with E-state index >= 15 is 0 Å². The van der Waals surface area contributed by atoms with Crippen molar-refractivity contribution in [2.24, 2.45) is 0 Å². The maximum atomic E-state index is 11.9. The molecule has 134 valence electrons. The Morgan fingerprint density at radius 2 is 1.92 bits per heavy atom. The number of amides is 2. The molecule has 0 spiro atoms. The van der Waals surface area contributed by atoms with Gasteiger partial charge < -0.3 is 4.42 Å². The Hall–Kier alpha value is -2.16. The average Bonchev–Trinajstić information content (AvgIpc) is 3.27. The van der Waals surface area contributed by atoms with Crippen LogP contribution in [0.25, 0.3) is 11.3 Å². The molecule has 2 N–H and O–H groups in total. The van der Waals surface area contributed by atoms with Crippen LogP contribution in [0.2, 0.25) is 5.02 Å². The number of hydrogen-bond acceptors (Lipinski definition) is 5. The minimum Gasteiger partial charge on any atom is -0.441 e. The van der Waals surface area contributed by atoms with Crippen LogP contribution in [-0.4, -0.2) is 16.8 Å². The van der Waals surface area contributed by atoms with Crippen LogP contribution in [0.5, 0.6) is 0 Å². The summed E-state index contributed by atoms with van der Waals surface area (Å²) < 4.78 is 6.47. The van der Waals surface area contributed by atoms with Crippen LogP contribution < -0.4 is 10.9 Å². The number of nitrogens with one attached hydrogen (secondary N) is 2. The highest BCUT2D eigenvalue weighted by Crippen LogP contribution is 2.23. The first kappa shape index (κ1) is 18.6. The maximum absolute atomic E-state index is 11.9. The second kappa shape index (κ2) is 8.48. The SMILES string of the molecule is O=C(CCc1ncc(-c2ccc(Cl)cc2)o1)NNC(=O)c1ccc(Br)s1. The molecule has 0 unspecified atom stereocenters. The van der Waals surface area contributed by atoms with Crippen molar-refractivity contribution in [2.75, 3.05) is 0 Å². The lowest BCUT2D eigenvalue weighted by Gasteiger charge is -2.05. The molecule has 0 saturated heterocycles. The van der Waals surface area contributed by atoms with E-state index in [2.05, 4.69) is 31.8 Å². The van der Waals surface area contributed by atoms with Gasteiger partial charge in [-0.1, -0.05) is 11.6 Å². The number of hydrazine groups is 1. The van der Waals surface area contributed by atoms with E-state index in [-0.39, 0.29) is 18.2 Å². The van der Waals surface area contributed by atoms with E-state index in [1.54, 1.807) is 30.5 Å². The minimum atomic E-state index is -0.366. The topological polar surface area (TPSA) is 84.2 Å². The van der Waals surface area contributed by atoms with Crippen LogP contribution in [0.15, 0.2) is 50.8 Å². The molecule has 2 heterocycles. The zero-order valence-corrected chi connectivity index (χ0v) is 16.5. The highest BCUT2D eigenvalue weighted by Gasteiger charge is 2.12. The second-order valence-electron chi connectivity index (χ2n) is 5.23. The smallest absolute Gasteiger partial charge is 0.279 e. The van der Waals surface area contributed by atoms with Gasteiger partial charge in [-0.3, -0.25) is 20.4 Å². The first-order valence-corrected chi connectivity index (χ1v) is 9.55. The second-order valence-corrected chi connectivity index (χ2v) is 8.13. The standard InChI is InChI=1S/C17H13BrClN3O3S/c18-14-6-5-13(26-14)17(24)22-21-15(23)7-8-16-20-9-12(25-16)10-1-3-11(19)4-2-10/h1-6,9H,7-8H2,(H,21,23)(H,22,24). The Kier molecular flexibility index (Phi) is 6.08. The van der Waals surface area contributed by atoms with Gasteiger partial charge >= 0.3 is 0 Å². The van der Waals surface area contributed by atoms with Crippen molar-refractivity contribution >= 4 is 50.7 Å². The predicted octanol–water partition coefficient (Wildman–Crippen LogP) is 4.21. The summed E-state index contributed by atoms with van der Waals surface area (Å²) in [6.07, 6.45) is 2.06. The molecule has 6 nitrogen and oxygen atoms in total. The highest BCUT2D eigenvalue weighted by atomic mass is 79.9. The summed E-state index contributed by atoms with van der Waals surface area (Å²) in [4.78, 5) is 28.4. The molecule has 0 bridgehead atoms. The number of carbonyl (C=O) groups excluding carboxylic acids is 2. The summed E-state index contributed by atoms with van der Waals surface area (Å²) in [6, 6.07) is 10.6.